The Bertz CT molecular complexity index is 1250. The number of nitrogens with zero attached hydrogens (tertiary/aromatic N) is 2. The van der Waals surface area contributed by atoms with Crippen molar-refractivity contribution in [1.82, 2.24) is 0 Å². The molecule has 3 aromatic rings. The van der Waals surface area contributed by atoms with Crippen LogP contribution in [-0.4, -0.2) is 21.9 Å². The Morgan fingerprint density at radius 2 is 1.59 bits per heavy atom. The molecular weight excluding hydrogens is 404 g/mol. The summed E-state index contributed by atoms with van der Waals surface area (Å²) in [6.07, 6.45) is 0.831. The van der Waals surface area contributed by atoms with Crippen molar-refractivity contribution >= 4 is 23.1 Å². The van der Waals surface area contributed by atoms with E-state index in [9.17, 15) is 19.8 Å². The minimum atomic E-state index is -0.894. The van der Waals surface area contributed by atoms with Crippen molar-refractivity contribution in [3.05, 3.63) is 101 Å². The molecule has 1 unspecified atom stereocenters. The molecule has 1 amide bonds. The number of hydrogen-bond acceptors (Lipinski definition) is 5. The molecule has 0 spiro atoms. The van der Waals surface area contributed by atoms with E-state index in [-0.39, 0.29) is 17.1 Å². The molecule has 0 aliphatic carbocycles. The molecule has 1 fully saturated rings. The van der Waals surface area contributed by atoms with Gasteiger partial charge < -0.3 is 10.2 Å². The molecule has 32 heavy (non-hydrogen) atoms. The monoisotopic (exact) mass is 424 g/mol. The molecule has 2 N–H and O–H groups in total. The van der Waals surface area contributed by atoms with Gasteiger partial charge in [0.25, 0.3) is 11.7 Å². The number of nitriles is 1. The van der Waals surface area contributed by atoms with Crippen LogP contribution in [0.1, 0.15) is 35.2 Å². The van der Waals surface area contributed by atoms with Crippen LogP contribution in [0.4, 0.5) is 5.69 Å². The lowest BCUT2D eigenvalue weighted by Crippen LogP contribution is -2.29. The van der Waals surface area contributed by atoms with Crippen LogP contribution in [0, 0.1) is 11.3 Å². The molecule has 1 atom stereocenters. The van der Waals surface area contributed by atoms with Crippen molar-refractivity contribution in [2.24, 2.45) is 0 Å². The van der Waals surface area contributed by atoms with Gasteiger partial charge >= 0.3 is 0 Å². The Balaban J connectivity index is 1.90. The number of rotatable bonds is 4. The third-order valence-corrected chi connectivity index (χ3v) is 5.56. The summed E-state index contributed by atoms with van der Waals surface area (Å²) >= 11 is 0. The summed E-state index contributed by atoms with van der Waals surface area (Å²) in [7, 11) is 0. The number of benzene rings is 3. The van der Waals surface area contributed by atoms with Crippen molar-refractivity contribution in [2.75, 3.05) is 4.90 Å². The number of phenolic OH excluding ortho intramolecular Hbond substituents is 1. The topological polar surface area (TPSA) is 102 Å². The predicted octanol–water partition coefficient (Wildman–Crippen LogP) is 4.45. The van der Waals surface area contributed by atoms with Crippen LogP contribution in [-0.2, 0) is 16.0 Å². The minimum Gasteiger partial charge on any atom is -0.508 e. The van der Waals surface area contributed by atoms with Crippen molar-refractivity contribution in [3.63, 3.8) is 0 Å². The average molecular weight is 424 g/mol. The highest BCUT2D eigenvalue weighted by molar-refractivity contribution is 6.51. The third-order valence-electron chi connectivity index (χ3n) is 5.56. The van der Waals surface area contributed by atoms with E-state index in [0.29, 0.717) is 22.4 Å². The molecule has 1 aliphatic heterocycles. The van der Waals surface area contributed by atoms with Gasteiger partial charge in [0.05, 0.1) is 23.2 Å². The molecule has 4 rings (SSSR count). The van der Waals surface area contributed by atoms with Crippen molar-refractivity contribution in [2.45, 2.75) is 19.4 Å². The van der Waals surface area contributed by atoms with E-state index in [0.717, 1.165) is 12.0 Å². The van der Waals surface area contributed by atoms with Crippen molar-refractivity contribution in [1.29, 1.82) is 5.26 Å². The van der Waals surface area contributed by atoms with Crippen LogP contribution in [0.3, 0.4) is 0 Å². The van der Waals surface area contributed by atoms with Gasteiger partial charge in [0.1, 0.15) is 11.5 Å². The maximum absolute atomic E-state index is 13.1. The van der Waals surface area contributed by atoms with Gasteiger partial charge in [-0.15, -0.1) is 0 Å². The third kappa shape index (κ3) is 3.61. The Hall–Kier alpha value is -4.37. The highest BCUT2D eigenvalue weighted by Crippen LogP contribution is 2.42. The first-order valence-electron chi connectivity index (χ1n) is 10.1. The summed E-state index contributed by atoms with van der Waals surface area (Å²) in [6.45, 7) is 2.02. The zero-order chi connectivity index (χ0) is 22.8. The van der Waals surface area contributed by atoms with E-state index in [4.69, 9.17) is 5.26 Å². The fourth-order valence-electron chi connectivity index (χ4n) is 3.82. The molecule has 0 bridgehead atoms. The highest BCUT2D eigenvalue weighted by Gasteiger charge is 2.46. The Kier molecular flexibility index (Phi) is 5.48. The van der Waals surface area contributed by atoms with Crippen LogP contribution < -0.4 is 4.90 Å². The lowest BCUT2D eigenvalue weighted by molar-refractivity contribution is -0.132. The molecule has 158 valence electrons. The molecule has 0 aromatic heterocycles. The first-order valence-corrected chi connectivity index (χ1v) is 10.1. The maximum Gasteiger partial charge on any atom is 0.300 e. The van der Waals surface area contributed by atoms with Crippen LogP contribution in [0.15, 0.2) is 78.4 Å². The van der Waals surface area contributed by atoms with Gasteiger partial charge in [-0.2, -0.15) is 5.26 Å². The zero-order valence-electron chi connectivity index (χ0n) is 17.3. The average Bonchev–Trinajstić information content (AvgIpc) is 3.09. The summed E-state index contributed by atoms with van der Waals surface area (Å²) in [5, 5.41) is 29.9. The molecule has 1 aliphatic rings. The van der Waals surface area contributed by atoms with E-state index in [1.807, 2.05) is 25.1 Å². The largest absolute Gasteiger partial charge is 0.508 e. The van der Waals surface area contributed by atoms with Gasteiger partial charge in [-0.3, -0.25) is 14.5 Å². The van der Waals surface area contributed by atoms with E-state index in [2.05, 4.69) is 0 Å². The normalized spacial score (nSPS) is 17.4. The van der Waals surface area contributed by atoms with Gasteiger partial charge in [0, 0.05) is 11.3 Å². The highest BCUT2D eigenvalue weighted by atomic mass is 16.3. The number of phenols is 1. The summed E-state index contributed by atoms with van der Waals surface area (Å²) in [5.41, 5.74) is 2.87. The SMILES string of the molecule is CCc1ccc(/C(O)=C2\C(=O)C(=O)N(c3ccc(C#N)cc3)C2c2ccc(O)cc2)cc1. The quantitative estimate of drug-likeness (QED) is 0.366. The van der Waals surface area contributed by atoms with Crippen LogP contribution in [0.25, 0.3) is 5.76 Å². The van der Waals surface area contributed by atoms with Gasteiger partial charge in [-0.1, -0.05) is 43.3 Å². The minimum absolute atomic E-state index is 0.0331. The molecular formula is C26H20N2O4. The van der Waals surface area contributed by atoms with Gasteiger partial charge in [-0.25, -0.2) is 0 Å². The smallest absolute Gasteiger partial charge is 0.300 e. The number of aryl methyl sites for hydroxylation is 1. The molecule has 6 nitrogen and oxygen atoms in total. The van der Waals surface area contributed by atoms with Gasteiger partial charge in [0.15, 0.2) is 0 Å². The van der Waals surface area contributed by atoms with E-state index >= 15 is 0 Å². The summed E-state index contributed by atoms with van der Waals surface area (Å²) in [5.74, 6) is -1.80. The van der Waals surface area contributed by atoms with Crippen LogP contribution in [0.2, 0.25) is 0 Å². The standard InChI is InChI=1S/C26H20N2O4/c1-2-16-3-7-19(8-4-16)24(30)22-23(18-9-13-21(29)14-10-18)28(26(32)25(22)31)20-11-5-17(15-27)6-12-20/h3-14,23,29-30H,2H2,1H3/b24-22+. The summed E-state index contributed by atoms with van der Waals surface area (Å²) < 4.78 is 0. The van der Waals surface area contributed by atoms with E-state index < -0.39 is 17.7 Å². The summed E-state index contributed by atoms with van der Waals surface area (Å²) in [6, 6.07) is 20.7. The van der Waals surface area contributed by atoms with Crippen molar-refractivity contribution < 1.29 is 19.8 Å². The Morgan fingerprint density at radius 1 is 0.969 bits per heavy atom. The first-order chi connectivity index (χ1) is 15.4. The fraction of sp³-hybridized carbons (Fsp3) is 0.115. The Morgan fingerprint density at radius 3 is 2.16 bits per heavy atom. The van der Waals surface area contributed by atoms with Crippen molar-refractivity contribution in [3.8, 4) is 11.8 Å². The number of aliphatic hydroxyl groups is 1. The second-order valence-electron chi connectivity index (χ2n) is 7.47. The number of anilines is 1. The predicted molar refractivity (Wildman–Crippen MR) is 120 cm³/mol. The number of hydrogen-bond donors (Lipinski definition) is 2. The number of aliphatic hydroxyl groups excluding tert-OH is 1. The molecule has 3 aromatic carbocycles. The fourth-order valence-corrected chi connectivity index (χ4v) is 3.82. The maximum atomic E-state index is 13.1. The van der Waals surface area contributed by atoms with Crippen LogP contribution in [0.5, 0.6) is 5.75 Å². The lowest BCUT2D eigenvalue weighted by atomic mass is 9.94. The van der Waals surface area contributed by atoms with E-state index in [1.165, 1.54) is 17.0 Å². The van der Waals surface area contributed by atoms with E-state index in [1.54, 1.807) is 48.5 Å². The van der Waals surface area contributed by atoms with Gasteiger partial charge in [-0.05, 0) is 53.9 Å². The first kappa shape index (κ1) is 20.9. The Labute approximate surface area is 185 Å². The molecule has 0 saturated carbocycles. The lowest BCUT2D eigenvalue weighted by Gasteiger charge is -2.25. The number of carbonyl (C=O) groups is 2. The van der Waals surface area contributed by atoms with Crippen LogP contribution >= 0.6 is 0 Å². The molecule has 0 radical (unpaired) electrons. The number of ketones is 1. The molecule has 1 heterocycles. The molecule has 6 heteroatoms. The second-order valence-corrected chi connectivity index (χ2v) is 7.47. The number of carbonyl (C=O) groups excluding carboxylic acids is 2. The number of amides is 1. The second kappa shape index (κ2) is 8.40. The summed E-state index contributed by atoms with van der Waals surface area (Å²) in [4.78, 5) is 27.5. The molecule has 1 saturated heterocycles. The van der Waals surface area contributed by atoms with Gasteiger partial charge in [0.2, 0.25) is 0 Å². The number of Topliss-reactive ketones (excluding diaryl/α,β-unsaturated/α-hetero) is 1. The number of aromatic hydroxyl groups is 1. The zero-order valence-corrected chi connectivity index (χ0v) is 17.3.